The molecule has 0 bridgehead atoms. The molecule has 4 amide bonds. The van der Waals surface area contributed by atoms with Gasteiger partial charge in [0.1, 0.15) is 18.7 Å². The van der Waals surface area contributed by atoms with Gasteiger partial charge in [0.25, 0.3) is 5.91 Å². The molecule has 0 unspecified atom stereocenters. The average molecular weight is 423 g/mol. The highest BCUT2D eigenvalue weighted by Gasteiger charge is 2.49. The number of nitrogens with one attached hydrogen (secondary N) is 1. The zero-order chi connectivity index (χ0) is 22.2. The smallest absolute Gasteiger partial charge is 0.325 e. The molecule has 2 aromatic carbocycles. The van der Waals surface area contributed by atoms with Crippen LogP contribution < -0.4 is 14.8 Å². The molecule has 2 heterocycles. The first-order valence-electron chi connectivity index (χ1n) is 10.1. The molecule has 4 rings (SSSR count). The first kappa shape index (κ1) is 20.7. The molecule has 2 atom stereocenters. The number of benzene rings is 2. The summed E-state index contributed by atoms with van der Waals surface area (Å²) in [5.74, 6) is 0.485. The van der Waals surface area contributed by atoms with Crippen LogP contribution in [0.3, 0.4) is 0 Å². The molecule has 8 heteroatoms. The first-order valence-corrected chi connectivity index (χ1v) is 10.1. The number of rotatable bonds is 5. The monoisotopic (exact) mass is 423 g/mol. The lowest BCUT2D eigenvalue weighted by Gasteiger charge is -2.30. The van der Waals surface area contributed by atoms with E-state index in [1.807, 2.05) is 55.5 Å². The Morgan fingerprint density at radius 2 is 1.84 bits per heavy atom. The van der Waals surface area contributed by atoms with Crippen LogP contribution >= 0.6 is 0 Å². The van der Waals surface area contributed by atoms with Crippen LogP contribution in [0.2, 0.25) is 0 Å². The van der Waals surface area contributed by atoms with Gasteiger partial charge in [-0.25, -0.2) is 4.79 Å². The lowest BCUT2D eigenvalue weighted by molar-refractivity contribution is -0.138. The van der Waals surface area contributed by atoms with E-state index in [2.05, 4.69) is 5.32 Å². The van der Waals surface area contributed by atoms with Crippen molar-refractivity contribution < 1.29 is 23.9 Å². The van der Waals surface area contributed by atoms with Crippen molar-refractivity contribution in [1.82, 2.24) is 15.1 Å². The van der Waals surface area contributed by atoms with Crippen LogP contribution in [0.15, 0.2) is 48.5 Å². The summed E-state index contributed by atoms with van der Waals surface area (Å²) < 4.78 is 11.6. The van der Waals surface area contributed by atoms with Crippen molar-refractivity contribution in [2.45, 2.75) is 25.5 Å². The molecule has 0 aromatic heterocycles. The second-order valence-corrected chi connectivity index (χ2v) is 8.08. The van der Waals surface area contributed by atoms with Crippen molar-refractivity contribution in [3.63, 3.8) is 0 Å². The van der Waals surface area contributed by atoms with Gasteiger partial charge in [-0.2, -0.15) is 0 Å². The zero-order valence-electron chi connectivity index (χ0n) is 17.8. The number of carbonyl (C=O) groups is 3. The SMILES string of the molecule is Cc1ccc([C@]2(C)NC(=O)N(CC(=O)N(C)C[C@@H]3COc4ccccc4O3)C2=O)cc1. The van der Waals surface area contributed by atoms with Crippen LogP contribution in [0.4, 0.5) is 4.79 Å². The van der Waals surface area contributed by atoms with Gasteiger partial charge in [0.15, 0.2) is 17.6 Å². The van der Waals surface area contributed by atoms with Crippen molar-refractivity contribution in [3.05, 3.63) is 59.7 Å². The summed E-state index contributed by atoms with van der Waals surface area (Å²) in [6.45, 7) is 3.83. The van der Waals surface area contributed by atoms with Gasteiger partial charge >= 0.3 is 6.03 Å². The van der Waals surface area contributed by atoms with Crippen LogP contribution in [0.25, 0.3) is 0 Å². The number of aryl methyl sites for hydroxylation is 1. The van der Waals surface area contributed by atoms with Crippen molar-refractivity contribution in [2.24, 2.45) is 0 Å². The number of hydrogen-bond donors (Lipinski definition) is 1. The number of amides is 4. The Morgan fingerprint density at radius 1 is 1.16 bits per heavy atom. The molecule has 31 heavy (non-hydrogen) atoms. The van der Waals surface area contributed by atoms with E-state index in [0.29, 0.717) is 23.7 Å². The van der Waals surface area contributed by atoms with Gasteiger partial charge in [-0.15, -0.1) is 0 Å². The summed E-state index contributed by atoms with van der Waals surface area (Å²) in [4.78, 5) is 40.7. The summed E-state index contributed by atoms with van der Waals surface area (Å²) in [5, 5.41) is 2.72. The van der Waals surface area contributed by atoms with Gasteiger partial charge in [0.2, 0.25) is 5.91 Å². The molecular formula is C23H25N3O5. The van der Waals surface area contributed by atoms with E-state index in [-0.39, 0.29) is 25.1 Å². The summed E-state index contributed by atoms with van der Waals surface area (Å²) in [6, 6.07) is 14.1. The van der Waals surface area contributed by atoms with Gasteiger partial charge in [-0.05, 0) is 31.5 Å². The molecule has 1 fully saturated rings. The lowest BCUT2D eigenvalue weighted by atomic mass is 9.91. The molecule has 162 valence electrons. The Bertz CT molecular complexity index is 1020. The summed E-state index contributed by atoms with van der Waals surface area (Å²) >= 11 is 0. The molecule has 0 radical (unpaired) electrons. The van der Waals surface area contributed by atoms with Crippen molar-refractivity contribution in [3.8, 4) is 11.5 Å². The molecule has 8 nitrogen and oxygen atoms in total. The van der Waals surface area contributed by atoms with Crippen LogP contribution in [0.5, 0.6) is 11.5 Å². The van der Waals surface area contributed by atoms with E-state index < -0.39 is 17.5 Å². The predicted octanol–water partition coefficient (Wildman–Crippen LogP) is 2.06. The van der Waals surface area contributed by atoms with Gasteiger partial charge in [0.05, 0.1) is 6.54 Å². The van der Waals surface area contributed by atoms with E-state index in [1.165, 1.54) is 4.90 Å². The maximum absolute atomic E-state index is 13.0. The number of para-hydroxylation sites is 2. The molecular weight excluding hydrogens is 398 g/mol. The predicted molar refractivity (Wildman–Crippen MR) is 113 cm³/mol. The second-order valence-electron chi connectivity index (χ2n) is 8.08. The molecule has 2 aliphatic rings. The van der Waals surface area contributed by atoms with Gasteiger partial charge < -0.3 is 19.7 Å². The fraction of sp³-hybridized carbons (Fsp3) is 0.348. The number of imide groups is 1. The Labute approximate surface area is 180 Å². The standard InChI is InChI=1S/C23H25N3O5/c1-15-8-10-16(11-9-15)23(2)21(28)26(22(29)24-23)13-20(27)25(3)12-17-14-30-18-6-4-5-7-19(18)31-17/h4-11,17H,12-14H2,1-3H3,(H,24,29)/t17-,23+/m1/s1. The number of urea groups is 1. The minimum Gasteiger partial charge on any atom is -0.486 e. The number of carbonyl (C=O) groups excluding carboxylic acids is 3. The average Bonchev–Trinajstić information content (AvgIpc) is 2.97. The highest BCUT2D eigenvalue weighted by atomic mass is 16.6. The van der Waals surface area contributed by atoms with E-state index in [4.69, 9.17) is 9.47 Å². The van der Waals surface area contributed by atoms with Crippen LogP contribution in [-0.2, 0) is 15.1 Å². The largest absolute Gasteiger partial charge is 0.486 e. The number of ether oxygens (including phenoxy) is 2. The minimum absolute atomic E-state index is 0.270. The van der Waals surface area contributed by atoms with Crippen LogP contribution in [0.1, 0.15) is 18.1 Å². The minimum atomic E-state index is -1.20. The summed E-state index contributed by atoms with van der Waals surface area (Å²) in [6.07, 6.45) is -0.343. The van der Waals surface area contributed by atoms with E-state index in [1.54, 1.807) is 14.0 Å². The maximum atomic E-state index is 13.0. The fourth-order valence-corrected chi connectivity index (χ4v) is 3.74. The van der Waals surface area contributed by atoms with Crippen molar-refractivity contribution >= 4 is 17.8 Å². The maximum Gasteiger partial charge on any atom is 0.325 e. The third kappa shape index (κ3) is 3.93. The van der Waals surface area contributed by atoms with Crippen LogP contribution in [0, 0.1) is 6.92 Å². The molecule has 1 saturated heterocycles. The second kappa shape index (κ2) is 7.94. The van der Waals surface area contributed by atoms with E-state index >= 15 is 0 Å². The molecule has 0 saturated carbocycles. The number of hydrogen-bond acceptors (Lipinski definition) is 5. The normalized spacial score (nSPS) is 22.3. The first-order chi connectivity index (χ1) is 14.8. The molecule has 1 N–H and O–H groups in total. The number of likely N-dealkylation sites (N-methyl/N-ethyl adjacent to an activating group) is 1. The summed E-state index contributed by atoms with van der Waals surface area (Å²) in [5.41, 5.74) is 0.522. The highest BCUT2D eigenvalue weighted by Crippen LogP contribution is 2.31. The molecule has 0 spiro atoms. The zero-order valence-corrected chi connectivity index (χ0v) is 17.8. The third-order valence-electron chi connectivity index (χ3n) is 5.67. The Hall–Kier alpha value is -3.55. The molecule has 2 aromatic rings. The third-order valence-corrected chi connectivity index (χ3v) is 5.67. The molecule has 2 aliphatic heterocycles. The quantitative estimate of drug-likeness (QED) is 0.744. The van der Waals surface area contributed by atoms with Crippen molar-refractivity contribution in [2.75, 3.05) is 26.7 Å². The van der Waals surface area contributed by atoms with Crippen molar-refractivity contribution in [1.29, 1.82) is 0 Å². The fourth-order valence-electron chi connectivity index (χ4n) is 3.74. The van der Waals surface area contributed by atoms with E-state index in [9.17, 15) is 14.4 Å². The number of fused-ring (bicyclic) bond motifs is 1. The summed E-state index contributed by atoms with van der Waals surface area (Å²) in [7, 11) is 1.61. The Morgan fingerprint density at radius 3 is 2.55 bits per heavy atom. The highest BCUT2D eigenvalue weighted by molar-refractivity contribution is 6.09. The van der Waals surface area contributed by atoms with Gasteiger partial charge in [0, 0.05) is 7.05 Å². The number of nitrogens with zero attached hydrogens (tertiary/aromatic N) is 2. The lowest BCUT2D eigenvalue weighted by Crippen LogP contribution is -2.47. The Kier molecular flexibility index (Phi) is 5.31. The molecule has 0 aliphatic carbocycles. The van der Waals surface area contributed by atoms with Gasteiger partial charge in [-0.3, -0.25) is 14.5 Å². The Balaban J connectivity index is 1.39. The van der Waals surface area contributed by atoms with Crippen LogP contribution in [-0.4, -0.2) is 60.5 Å². The topological polar surface area (TPSA) is 88.2 Å². The van der Waals surface area contributed by atoms with E-state index in [0.717, 1.165) is 10.5 Å². The van der Waals surface area contributed by atoms with Gasteiger partial charge in [-0.1, -0.05) is 42.0 Å².